The van der Waals surface area contributed by atoms with Crippen molar-refractivity contribution in [2.45, 2.75) is 70.3 Å². The average Bonchev–Trinajstić information content (AvgIpc) is 3.38. The number of aryl methyl sites for hydroxylation is 1. The molecule has 2 aromatic carbocycles. The van der Waals surface area contributed by atoms with Crippen LogP contribution in [0.5, 0.6) is 5.75 Å². The van der Waals surface area contributed by atoms with Crippen molar-refractivity contribution in [1.82, 2.24) is 14.9 Å². The van der Waals surface area contributed by atoms with Crippen LogP contribution in [0.3, 0.4) is 0 Å². The molecular formula is C31H33N3O4. The number of carbonyl (C=O) groups is 1. The SMILES string of the molecule is Cc1cc([C@@H]2C[C@H]2c2c(C(=O)O)cnn2-c2cccc(-c3cccc(OC(C)C4CCCCC4)c3)c2)on1. The second-order valence-corrected chi connectivity index (χ2v) is 10.8. The molecule has 0 spiro atoms. The van der Waals surface area contributed by atoms with E-state index in [4.69, 9.17) is 9.26 Å². The molecule has 7 nitrogen and oxygen atoms in total. The second kappa shape index (κ2) is 10.1. The molecule has 2 aliphatic carbocycles. The van der Waals surface area contributed by atoms with Gasteiger partial charge in [0, 0.05) is 17.9 Å². The minimum absolute atomic E-state index is 0.0117. The van der Waals surface area contributed by atoms with Crippen LogP contribution in [0.1, 0.15) is 84.8 Å². The van der Waals surface area contributed by atoms with Crippen LogP contribution in [0.4, 0.5) is 0 Å². The van der Waals surface area contributed by atoms with E-state index in [9.17, 15) is 9.90 Å². The van der Waals surface area contributed by atoms with Crippen molar-refractivity contribution in [3.05, 3.63) is 83.5 Å². The molecule has 6 rings (SSSR count). The lowest BCUT2D eigenvalue weighted by Crippen LogP contribution is -2.25. The van der Waals surface area contributed by atoms with E-state index in [1.165, 1.54) is 38.3 Å². The van der Waals surface area contributed by atoms with Crippen LogP contribution in [0.25, 0.3) is 16.8 Å². The first-order chi connectivity index (χ1) is 18.5. The quantitative estimate of drug-likeness (QED) is 0.270. The van der Waals surface area contributed by atoms with Crippen LogP contribution in [-0.4, -0.2) is 32.1 Å². The summed E-state index contributed by atoms with van der Waals surface area (Å²) in [7, 11) is 0. The molecule has 1 unspecified atom stereocenters. The fraction of sp³-hybridized carbons (Fsp3) is 0.387. The topological polar surface area (TPSA) is 90.4 Å². The molecule has 2 aliphatic rings. The smallest absolute Gasteiger partial charge is 0.339 e. The van der Waals surface area contributed by atoms with Gasteiger partial charge in [0.05, 0.1) is 29.4 Å². The number of benzene rings is 2. The minimum Gasteiger partial charge on any atom is -0.490 e. The molecule has 3 atom stereocenters. The molecule has 196 valence electrons. The summed E-state index contributed by atoms with van der Waals surface area (Å²) in [6.07, 6.45) is 8.86. The summed E-state index contributed by atoms with van der Waals surface area (Å²) in [5.74, 6) is 1.43. The molecule has 0 radical (unpaired) electrons. The summed E-state index contributed by atoms with van der Waals surface area (Å²) < 4.78 is 13.6. The monoisotopic (exact) mass is 511 g/mol. The van der Waals surface area contributed by atoms with Crippen molar-refractivity contribution in [3.8, 4) is 22.6 Å². The van der Waals surface area contributed by atoms with Gasteiger partial charge in [0.15, 0.2) is 0 Å². The maximum absolute atomic E-state index is 12.1. The normalized spacial score (nSPS) is 20.3. The lowest BCUT2D eigenvalue weighted by molar-refractivity contribution is 0.0695. The standard InChI is InChI=1S/C31H33N3O4/c1-19-14-29(38-33-19)26-17-27(26)30-28(31(35)36)18-32-34(30)24-12-6-10-22(15-24)23-11-7-13-25(16-23)37-20(2)21-8-4-3-5-9-21/h6-7,10-16,18,20-21,26-27H,3-5,8-9,17H2,1-2H3,(H,35,36)/t20?,26-,27-/m1/s1. The van der Waals surface area contributed by atoms with Gasteiger partial charge in [0.2, 0.25) is 0 Å². The average molecular weight is 512 g/mol. The molecule has 1 N–H and O–H groups in total. The fourth-order valence-electron chi connectivity index (χ4n) is 5.94. The zero-order valence-electron chi connectivity index (χ0n) is 21.8. The highest BCUT2D eigenvalue weighted by atomic mass is 16.5. The largest absolute Gasteiger partial charge is 0.490 e. The van der Waals surface area contributed by atoms with Gasteiger partial charge in [0.25, 0.3) is 0 Å². The Labute approximate surface area is 222 Å². The molecule has 0 saturated heterocycles. The summed E-state index contributed by atoms with van der Waals surface area (Å²) in [4.78, 5) is 12.1. The molecule has 2 fully saturated rings. The number of aromatic carboxylic acids is 1. The Balaban J connectivity index is 1.28. The van der Waals surface area contributed by atoms with Crippen LogP contribution < -0.4 is 4.74 Å². The van der Waals surface area contributed by atoms with Crippen LogP contribution in [-0.2, 0) is 0 Å². The maximum atomic E-state index is 12.1. The third-order valence-electron chi connectivity index (χ3n) is 8.08. The van der Waals surface area contributed by atoms with Gasteiger partial charge in [-0.3, -0.25) is 0 Å². The van der Waals surface area contributed by atoms with Crippen molar-refractivity contribution in [1.29, 1.82) is 0 Å². The number of hydrogen-bond donors (Lipinski definition) is 1. The maximum Gasteiger partial charge on any atom is 0.339 e. The van der Waals surface area contributed by atoms with Crippen molar-refractivity contribution in [2.24, 2.45) is 5.92 Å². The van der Waals surface area contributed by atoms with Crippen molar-refractivity contribution >= 4 is 5.97 Å². The molecule has 2 aromatic heterocycles. The number of hydrogen-bond acceptors (Lipinski definition) is 5. The van der Waals surface area contributed by atoms with Crippen LogP contribution in [0.2, 0.25) is 0 Å². The summed E-state index contributed by atoms with van der Waals surface area (Å²) in [6.45, 7) is 4.08. The molecule has 0 bridgehead atoms. The highest BCUT2D eigenvalue weighted by Gasteiger charge is 2.46. The Kier molecular flexibility index (Phi) is 6.52. The zero-order chi connectivity index (χ0) is 26.2. The summed E-state index contributed by atoms with van der Waals surface area (Å²) >= 11 is 0. The van der Waals surface area contributed by atoms with Crippen LogP contribution in [0.15, 0.2) is 65.3 Å². The van der Waals surface area contributed by atoms with Crippen molar-refractivity contribution in [3.63, 3.8) is 0 Å². The third kappa shape index (κ3) is 4.85. The molecule has 2 saturated carbocycles. The first-order valence-corrected chi connectivity index (χ1v) is 13.6. The minimum atomic E-state index is -0.973. The Bertz CT molecular complexity index is 1450. The molecular weight excluding hydrogens is 478 g/mol. The number of carboxylic acid groups (broad SMARTS) is 1. The van der Waals surface area contributed by atoms with E-state index >= 15 is 0 Å². The van der Waals surface area contributed by atoms with Gasteiger partial charge in [-0.1, -0.05) is 48.7 Å². The molecule has 38 heavy (non-hydrogen) atoms. The van der Waals surface area contributed by atoms with Gasteiger partial charge in [-0.2, -0.15) is 5.10 Å². The highest BCUT2D eigenvalue weighted by molar-refractivity contribution is 5.89. The van der Waals surface area contributed by atoms with Gasteiger partial charge in [-0.25, -0.2) is 9.48 Å². The van der Waals surface area contributed by atoms with E-state index < -0.39 is 5.97 Å². The molecule has 4 aromatic rings. The Morgan fingerprint density at radius 3 is 2.55 bits per heavy atom. The van der Waals surface area contributed by atoms with Crippen molar-refractivity contribution < 1.29 is 19.2 Å². The molecule has 0 aliphatic heterocycles. The lowest BCUT2D eigenvalue weighted by atomic mass is 9.86. The van der Waals surface area contributed by atoms with Gasteiger partial charge >= 0.3 is 5.97 Å². The van der Waals surface area contributed by atoms with E-state index in [0.717, 1.165) is 40.4 Å². The number of rotatable bonds is 8. The molecule has 2 heterocycles. The first-order valence-electron chi connectivity index (χ1n) is 13.6. The molecule has 7 heteroatoms. The first kappa shape index (κ1) is 24.5. The van der Waals surface area contributed by atoms with E-state index in [1.807, 2.05) is 37.3 Å². The fourth-order valence-corrected chi connectivity index (χ4v) is 5.94. The lowest BCUT2D eigenvalue weighted by Gasteiger charge is -2.28. The predicted molar refractivity (Wildman–Crippen MR) is 144 cm³/mol. The van der Waals surface area contributed by atoms with Crippen molar-refractivity contribution in [2.75, 3.05) is 0 Å². The Morgan fingerprint density at radius 1 is 1.05 bits per heavy atom. The summed E-state index contributed by atoms with van der Waals surface area (Å²) in [5, 5.41) is 18.4. The van der Waals surface area contributed by atoms with Gasteiger partial charge in [-0.05, 0) is 74.4 Å². The van der Waals surface area contributed by atoms with Gasteiger partial charge < -0.3 is 14.4 Å². The zero-order valence-corrected chi connectivity index (χ0v) is 21.8. The Morgan fingerprint density at radius 2 is 1.82 bits per heavy atom. The van der Waals surface area contributed by atoms with Crippen LogP contribution in [0, 0.1) is 12.8 Å². The van der Waals surface area contributed by atoms with Gasteiger partial charge in [0.1, 0.15) is 17.1 Å². The third-order valence-corrected chi connectivity index (χ3v) is 8.08. The number of nitrogens with zero attached hydrogens (tertiary/aromatic N) is 3. The van der Waals surface area contributed by atoms with Gasteiger partial charge in [-0.15, -0.1) is 0 Å². The van der Waals surface area contributed by atoms with E-state index in [2.05, 4.69) is 41.4 Å². The molecule has 0 amide bonds. The Hall–Kier alpha value is -3.87. The predicted octanol–water partition coefficient (Wildman–Crippen LogP) is 7.15. The number of ether oxygens (including phenoxy) is 1. The second-order valence-electron chi connectivity index (χ2n) is 10.8. The van der Waals surface area contributed by atoms with Crippen LogP contribution >= 0.6 is 0 Å². The van der Waals surface area contributed by atoms with E-state index in [0.29, 0.717) is 11.6 Å². The van der Waals surface area contributed by atoms with E-state index in [1.54, 1.807) is 4.68 Å². The highest BCUT2D eigenvalue weighted by Crippen LogP contribution is 2.55. The summed E-state index contributed by atoms with van der Waals surface area (Å²) in [6, 6.07) is 18.2. The van der Waals surface area contributed by atoms with E-state index in [-0.39, 0.29) is 23.5 Å². The number of carboxylic acids is 1. The number of aromatic nitrogens is 3. The summed E-state index contributed by atoms with van der Waals surface area (Å²) in [5.41, 5.74) is 4.65.